The first kappa shape index (κ1) is 14.4. The van der Waals surface area contributed by atoms with E-state index in [9.17, 15) is 13.2 Å². The quantitative estimate of drug-likeness (QED) is 0.836. The fourth-order valence-electron chi connectivity index (χ4n) is 1.83. The van der Waals surface area contributed by atoms with Gasteiger partial charge in [0.05, 0.1) is 12.3 Å². The lowest BCUT2D eigenvalue weighted by Crippen LogP contribution is -2.44. The topological polar surface area (TPSA) is 72.5 Å². The van der Waals surface area contributed by atoms with Gasteiger partial charge in [-0.2, -0.15) is 20.2 Å². The average Bonchev–Trinajstić information content (AvgIpc) is 2.75. The highest BCUT2D eigenvalue weighted by atomic mass is 32.2. The van der Waals surface area contributed by atoms with Crippen molar-refractivity contribution in [2.75, 3.05) is 17.8 Å². The minimum atomic E-state index is -3.51. The van der Waals surface area contributed by atoms with Gasteiger partial charge in [0, 0.05) is 17.1 Å². The number of hydrogen-bond acceptors (Lipinski definition) is 5. The van der Waals surface area contributed by atoms with Crippen molar-refractivity contribution in [1.29, 1.82) is 0 Å². The monoisotopic (exact) mass is 301 g/mol. The van der Waals surface area contributed by atoms with Crippen LogP contribution in [-0.2, 0) is 14.3 Å². The van der Waals surface area contributed by atoms with Crippen LogP contribution in [-0.4, -0.2) is 44.2 Å². The molecule has 2 rings (SSSR count). The van der Waals surface area contributed by atoms with E-state index in [4.69, 9.17) is 4.18 Å². The molecule has 104 valence electrons. The van der Waals surface area contributed by atoms with Crippen LogP contribution in [0.1, 0.15) is 10.4 Å². The smallest absolute Gasteiger partial charge is 0.264 e. The molecular formula is C12H15NO4S2. The minimum absolute atomic E-state index is 0.213. The third-order valence-electron chi connectivity index (χ3n) is 2.68. The lowest BCUT2D eigenvalue weighted by molar-refractivity contribution is 0.0906. The maximum atomic E-state index is 12.0. The maximum Gasteiger partial charge on any atom is 0.264 e. The summed E-state index contributed by atoms with van der Waals surface area (Å²) in [6.07, 6.45) is 0.527. The molecule has 0 aromatic heterocycles. The third-order valence-corrected chi connectivity index (χ3v) is 4.44. The largest absolute Gasteiger partial charge is 0.346 e. The minimum Gasteiger partial charge on any atom is -0.346 e. The predicted molar refractivity (Wildman–Crippen MR) is 74.7 cm³/mol. The molecule has 0 radical (unpaired) electrons. The first-order chi connectivity index (χ1) is 8.96. The fraction of sp³-hybridized carbons (Fsp3) is 0.417. The standard InChI is InChI=1S/C12H15NO4S2/c1-19(15,16)17-11-8-18-7-10(11)13-12(14)9-5-3-2-4-6-9/h2-6,10-11H,7-8H2,1H3,(H,13,14). The summed E-state index contributed by atoms with van der Waals surface area (Å²) in [5, 5.41) is 2.82. The first-order valence-electron chi connectivity index (χ1n) is 5.77. The number of carbonyl (C=O) groups is 1. The molecule has 1 heterocycles. The van der Waals surface area contributed by atoms with Crippen LogP contribution in [0, 0.1) is 0 Å². The molecule has 2 atom stereocenters. The average molecular weight is 301 g/mol. The van der Waals surface area contributed by atoms with Gasteiger partial charge in [-0.1, -0.05) is 18.2 Å². The van der Waals surface area contributed by atoms with E-state index < -0.39 is 16.2 Å². The summed E-state index contributed by atoms with van der Waals surface area (Å²) < 4.78 is 27.3. The summed E-state index contributed by atoms with van der Waals surface area (Å²) in [6, 6.07) is 8.53. The van der Waals surface area contributed by atoms with Crippen LogP contribution in [0.15, 0.2) is 30.3 Å². The van der Waals surface area contributed by atoms with Gasteiger partial charge in [-0.15, -0.1) is 0 Å². The van der Waals surface area contributed by atoms with Gasteiger partial charge in [0.1, 0.15) is 6.10 Å². The maximum absolute atomic E-state index is 12.0. The molecule has 1 amide bonds. The summed E-state index contributed by atoms with van der Waals surface area (Å²) in [5.41, 5.74) is 0.553. The molecule has 0 aliphatic carbocycles. The van der Waals surface area contributed by atoms with Gasteiger partial charge >= 0.3 is 0 Å². The van der Waals surface area contributed by atoms with E-state index in [0.29, 0.717) is 17.1 Å². The zero-order chi connectivity index (χ0) is 13.9. The molecule has 1 aromatic rings. The number of thioether (sulfide) groups is 1. The second kappa shape index (κ2) is 5.94. The first-order valence-corrected chi connectivity index (χ1v) is 8.75. The zero-order valence-corrected chi connectivity index (χ0v) is 12.0. The Kier molecular flexibility index (Phi) is 4.49. The van der Waals surface area contributed by atoms with Crippen molar-refractivity contribution in [3.8, 4) is 0 Å². The molecule has 0 saturated carbocycles. The van der Waals surface area contributed by atoms with Crippen molar-refractivity contribution in [3.05, 3.63) is 35.9 Å². The molecule has 5 nitrogen and oxygen atoms in total. The van der Waals surface area contributed by atoms with Crippen LogP contribution in [0.4, 0.5) is 0 Å². The molecule has 0 spiro atoms. The number of hydrogen-bond donors (Lipinski definition) is 1. The van der Waals surface area contributed by atoms with Crippen molar-refractivity contribution in [2.24, 2.45) is 0 Å². The zero-order valence-electron chi connectivity index (χ0n) is 10.4. The Bertz CT molecular complexity index is 544. The van der Waals surface area contributed by atoms with Gasteiger partial charge in [-0.05, 0) is 12.1 Å². The van der Waals surface area contributed by atoms with Crippen molar-refractivity contribution in [1.82, 2.24) is 5.32 Å². The van der Waals surface area contributed by atoms with Gasteiger partial charge in [0.2, 0.25) is 0 Å². The van der Waals surface area contributed by atoms with Crippen LogP contribution in [0.3, 0.4) is 0 Å². The molecule has 7 heteroatoms. The summed E-state index contributed by atoms with van der Waals surface area (Å²) in [5.74, 6) is 1.00. The lowest BCUT2D eigenvalue weighted by Gasteiger charge is -2.19. The van der Waals surface area contributed by atoms with Crippen LogP contribution in [0.2, 0.25) is 0 Å². The van der Waals surface area contributed by atoms with Crippen LogP contribution in [0.25, 0.3) is 0 Å². The highest BCUT2D eigenvalue weighted by Crippen LogP contribution is 2.22. The Morgan fingerprint density at radius 1 is 1.32 bits per heavy atom. The lowest BCUT2D eigenvalue weighted by atomic mass is 10.1. The molecular weight excluding hydrogens is 286 g/mol. The SMILES string of the molecule is CS(=O)(=O)OC1CSCC1NC(=O)c1ccccc1. The number of nitrogens with one attached hydrogen (secondary N) is 1. The van der Waals surface area contributed by atoms with Gasteiger partial charge in [0.25, 0.3) is 16.0 Å². The van der Waals surface area contributed by atoms with E-state index in [-0.39, 0.29) is 11.9 Å². The van der Waals surface area contributed by atoms with E-state index in [0.717, 1.165) is 6.26 Å². The Balaban J connectivity index is 2.00. The molecule has 0 bridgehead atoms. The fourth-order valence-corrected chi connectivity index (χ4v) is 3.79. The number of rotatable bonds is 4. The van der Waals surface area contributed by atoms with E-state index in [2.05, 4.69) is 5.32 Å². The van der Waals surface area contributed by atoms with E-state index in [1.165, 1.54) is 0 Å². The summed E-state index contributed by atoms with van der Waals surface area (Å²) in [4.78, 5) is 12.0. The molecule has 19 heavy (non-hydrogen) atoms. The van der Waals surface area contributed by atoms with Gasteiger partial charge in [-0.3, -0.25) is 8.98 Å². The van der Waals surface area contributed by atoms with Crippen molar-refractivity contribution in [2.45, 2.75) is 12.1 Å². The van der Waals surface area contributed by atoms with Gasteiger partial charge < -0.3 is 5.32 Å². The van der Waals surface area contributed by atoms with Crippen molar-refractivity contribution >= 4 is 27.8 Å². The summed E-state index contributed by atoms with van der Waals surface area (Å²) in [6.45, 7) is 0. The Labute approximate surface area is 116 Å². The molecule has 1 N–H and O–H groups in total. The number of amides is 1. The van der Waals surface area contributed by atoms with Crippen LogP contribution >= 0.6 is 11.8 Å². The molecule has 1 aromatic carbocycles. The normalized spacial score (nSPS) is 23.2. The highest BCUT2D eigenvalue weighted by molar-refractivity contribution is 7.99. The number of carbonyl (C=O) groups excluding carboxylic acids is 1. The van der Waals surface area contributed by atoms with Gasteiger partial charge in [-0.25, -0.2) is 0 Å². The molecule has 2 unspecified atom stereocenters. The Morgan fingerprint density at radius 3 is 2.63 bits per heavy atom. The molecule has 1 aliphatic heterocycles. The molecule has 1 aliphatic rings. The van der Waals surface area contributed by atoms with E-state index in [1.807, 2.05) is 6.07 Å². The van der Waals surface area contributed by atoms with E-state index >= 15 is 0 Å². The molecule has 1 saturated heterocycles. The van der Waals surface area contributed by atoms with Gasteiger partial charge in [0.15, 0.2) is 0 Å². The molecule has 1 fully saturated rings. The Morgan fingerprint density at radius 2 is 2.00 bits per heavy atom. The third kappa shape index (κ3) is 4.22. The summed E-state index contributed by atoms with van der Waals surface area (Å²) in [7, 11) is -3.51. The highest BCUT2D eigenvalue weighted by Gasteiger charge is 2.32. The summed E-state index contributed by atoms with van der Waals surface area (Å²) >= 11 is 1.56. The number of benzene rings is 1. The predicted octanol–water partition coefficient (Wildman–Crippen LogP) is 0.877. The van der Waals surface area contributed by atoms with Crippen molar-refractivity contribution < 1.29 is 17.4 Å². The Hall–Kier alpha value is -1.05. The second-order valence-corrected chi connectivity index (χ2v) is 7.00. The van der Waals surface area contributed by atoms with E-state index in [1.54, 1.807) is 36.0 Å². The van der Waals surface area contributed by atoms with Crippen molar-refractivity contribution in [3.63, 3.8) is 0 Å². The van der Waals surface area contributed by atoms with Crippen LogP contribution in [0.5, 0.6) is 0 Å². The van der Waals surface area contributed by atoms with Crippen LogP contribution < -0.4 is 5.32 Å². The second-order valence-electron chi connectivity index (χ2n) is 4.32.